The largest absolute Gasteiger partial charge is 0.368 e. The molecular weight excluding hydrogens is 271 g/mol. The number of rotatable bonds is 9. The second-order valence-electron chi connectivity index (χ2n) is 5.18. The van der Waals surface area contributed by atoms with Crippen molar-refractivity contribution in [2.24, 2.45) is 5.73 Å². The van der Waals surface area contributed by atoms with Crippen LogP contribution in [0, 0.1) is 5.82 Å². The molecule has 2 amide bonds. The normalized spacial score (nSPS) is 11.9. The van der Waals surface area contributed by atoms with Crippen LogP contribution in [0.3, 0.4) is 0 Å². The number of unbranched alkanes of at least 4 members (excludes halogenated alkanes) is 3. The van der Waals surface area contributed by atoms with Crippen LogP contribution in [-0.4, -0.2) is 17.9 Å². The summed E-state index contributed by atoms with van der Waals surface area (Å²) in [4.78, 5) is 23.2. The second kappa shape index (κ2) is 9.10. The predicted molar refractivity (Wildman–Crippen MR) is 80.0 cm³/mol. The minimum absolute atomic E-state index is 0.0382. The molecule has 0 aliphatic carbocycles. The molecule has 4 nitrogen and oxygen atoms in total. The number of nitrogens with one attached hydrogen (secondary N) is 1. The third kappa shape index (κ3) is 6.88. The van der Waals surface area contributed by atoms with Crippen molar-refractivity contribution in [2.45, 2.75) is 51.5 Å². The van der Waals surface area contributed by atoms with Gasteiger partial charge in [0.25, 0.3) is 0 Å². The van der Waals surface area contributed by atoms with Crippen molar-refractivity contribution in [3.63, 3.8) is 0 Å². The molecule has 1 rings (SSSR count). The summed E-state index contributed by atoms with van der Waals surface area (Å²) in [6.45, 7) is 2.10. The molecule has 0 aliphatic rings. The highest BCUT2D eigenvalue weighted by atomic mass is 19.1. The Kier molecular flexibility index (Phi) is 7.43. The van der Waals surface area contributed by atoms with Crippen LogP contribution in [0.4, 0.5) is 4.39 Å². The quantitative estimate of drug-likeness (QED) is 0.686. The fourth-order valence-electron chi connectivity index (χ4n) is 2.14. The van der Waals surface area contributed by atoms with E-state index in [1.165, 1.54) is 12.1 Å². The predicted octanol–water partition coefficient (Wildman–Crippen LogP) is 2.31. The van der Waals surface area contributed by atoms with E-state index in [2.05, 4.69) is 12.2 Å². The first kappa shape index (κ1) is 17.1. The molecule has 0 aliphatic heterocycles. The van der Waals surface area contributed by atoms with Crippen molar-refractivity contribution in [3.05, 3.63) is 35.6 Å². The Bertz CT molecular complexity index is 477. The third-order valence-corrected chi connectivity index (χ3v) is 3.28. The van der Waals surface area contributed by atoms with Crippen LogP contribution in [0.15, 0.2) is 24.3 Å². The van der Waals surface area contributed by atoms with E-state index >= 15 is 0 Å². The van der Waals surface area contributed by atoms with Crippen LogP contribution < -0.4 is 11.1 Å². The Balaban J connectivity index is 2.46. The maximum Gasteiger partial charge on any atom is 0.239 e. The maximum atomic E-state index is 13.0. The topological polar surface area (TPSA) is 72.2 Å². The molecule has 0 unspecified atom stereocenters. The first-order valence-electron chi connectivity index (χ1n) is 7.36. The van der Waals surface area contributed by atoms with Gasteiger partial charge in [-0.25, -0.2) is 4.39 Å². The summed E-state index contributed by atoms with van der Waals surface area (Å²) in [5, 5.41) is 2.63. The van der Waals surface area contributed by atoms with Gasteiger partial charge in [0, 0.05) is 0 Å². The smallest absolute Gasteiger partial charge is 0.239 e. The summed E-state index contributed by atoms with van der Waals surface area (Å²) >= 11 is 0. The standard InChI is InChI=1S/C16H23FN2O2/c1-2-3-4-5-9-14(16(18)21)19-15(20)11-12-7-6-8-13(17)10-12/h6-8,10,14H,2-5,9,11H2,1H3,(H2,18,21)(H,19,20)/t14-/m0/s1. The van der Waals surface area contributed by atoms with Gasteiger partial charge in [-0.3, -0.25) is 9.59 Å². The molecule has 5 heteroatoms. The van der Waals surface area contributed by atoms with Gasteiger partial charge in [0.05, 0.1) is 6.42 Å². The molecule has 1 atom stereocenters. The van der Waals surface area contributed by atoms with Crippen molar-refractivity contribution >= 4 is 11.8 Å². The first-order chi connectivity index (χ1) is 10.0. The molecule has 0 saturated heterocycles. The molecule has 0 heterocycles. The van der Waals surface area contributed by atoms with E-state index in [9.17, 15) is 14.0 Å². The number of nitrogens with two attached hydrogens (primary N) is 1. The Hall–Kier alpha value is -1.91. The number of amides is 2. The van der Waals surface area contributed by atoms with Crippen molar-refractivity contribution in [3.8, 4) is 0 Å². The summed E-state index contributed by atoms with van der Waals surface area (Å²) in [6, 6.07) is 5.20. The van der Waals surface area contributed by atoms with Gasteiger partial charge >= 0.3 is 0 Å². The van der Waals surface area contributed by atoms with Crippen LogP contribution >= 0.6 is 0 Å². The summed E-state index contributed by atoms with van der Waals surface area (Å²) in [6.07, 6.45) is 4.65. The van der Waals surface area contributed by atoms with E-state index < -0.39 is 11.9 Å². The zero-order valence-electron chi connectivity index (χ0n) is 12.4. The number of hydrogen-bond acceptors (Lipinski definition) is 2. The number of halogens is 1. The molecule has 1 aromatic rings. The Labute approximate surface area is 124 Å². The fraction of sp³-hybridized carbons (Fsp3) is 0.500. The van der Waals surface area contributed by atoms with Crippen molar-refractivity contribution in [1.82, 2.24) is 5.32 Å². The molecule has 0 saturated carbocycles. The van der Waals surface area contributed by atoms with Crippen LogP contribution in [0.5, 0.6) is 0 Å². The van der Waals surface area contributed by atoms with Gasteiger partial charge in [-0.2, -0.15) is 0 Å². The van der Waals surface area contributed by atoms with Crippen LogP contribution in [0.2, 0.25) is 0 Å². The number of primary amides is 1. The van der Waals surface area contributed by atoms with Crippen molar-refractivity contribution in [1.29, 1.82) is 0 Å². The highest BCUT2D eigenvalue weighted by molar-refractivity contribution is 5.87. The minimum Gasteiger partial charge on any atom is -0.368 e. The molecule has 0 radical (unpaired) electrons. The van der Waals surface area contributed by atoms with E-state index in [4.69, 9.17) is 5.73 Å². The van der Waals surface area contributed by atoms with Gasteiger partial charge < -0.3 is 11.1 Å². The van der Waals surface area contributed by atoms with E-state index in [1.807, 2.05) is 0 Å². The number of hydrogen-bond donors (Lipinski definition) is 2. The lowest BCUT2D eigenvalue weighted by molar-refractivity contribution is -0.127. The van der Waals surface area contributed by atoms with Crippen LogP contribution in [0.25, 0.3) is 0 Å². The van der Waals surface area contributed by atoms with E-state index in [0.29, 0.717) is 12.0 Å². The van der Waals surface area contributed by atoms with Crippen molar-refractivity contribution in [2.75, 3.05) is 0 Å². The zero-order chi connectivity index (χ0) is 15.7. The second-order valence-corrected chi connectivity index (χ2v) is 5.18. The number of carbonyl (C=O) groups excluding carboxylic acids is 2. The van der Waals surface area contributed by atoms with Gasteiger partial charge in [-0.05, 0) is 24.1 Å². The number of carbonyl (C=O) groups is 2. The highest BCUT2D eigenvalue weighted by Gasteiger charge is 2.17. The highest BCUT2D eigenvalue weighted by Crippen LogP contribution is 2.07. The first-order valence-corrected chi connectivity index (χ1v) is 7.36. The third-order valence-electron chi connectivity index (χ3n) is 3.28. The van der Waals surface area contributed by atoms with Gasteiger partial charge in [-0.1, -0.05) is 44.7 Å². The fourth-order valence-corrected chi connectivity index (χ4v) is 2.14. The lowest BCUT2D eigenvalue weighted by Gasteiger charge is -2.15. The maximum absolute atomic E-state index is 13.0. The SMILES string of the molecule is CCCCCC[C@H](NC(=O)Cc1cccc(F)c1)C(N)=O. The van der Waals surface area contributed by atoms with E-state index in [0.717, 1.165) is 25.7 Å². The molecular formula is C16H23FN2O2. The van der Waals surface area contributed by atoms with Gasteiger partial charge in [0.15, 0.2) is 0 Å². The Morgan fingerprint density at radius 1 is 1.29 bits per heavy atom. The Morgan fingerprint density at radius 3 is 2.67 bits per heavy atom. The van der Waals surface area contributed by atoms with Crippen molar-refractivity contribution < 1.29 is 14.0 Å². The summed E-state index contributed by atoms with van der Waals surface area (Å²) in [5.41, 5.74) is 5.87. The molecule has 116 valence electrons. The molecule has 1 aromatic carbocycles. The van der Waals surface area contributed by atoms with Gasteiger partial charge in [-0.15, -0.1) is 0 Å². The van der Waals surface area contributed by atoms with Gasteiger partial charge in [0.1, 0.15) is 11.9 Å². The van der Waals surface area contributed by atoms with Crippen LogP contribution in [-0.2, 0) is 16.0 Å². The number of benzene rings is 1. The zero-order valence-corrected chi connectivity index (χ0v) is 12.4. The van der Waals surface area contributed by atoms with E-state index in [1.54, 1.807) is 12.1 Å². The summed E-state index contributed by atoms with van der Waals surface area (Å²) < 4.78 is 13.0. The summed E-state index contributed by atoms with van der Waals surface area (Å²) in [5.74, 6) is -1.23. The summed E-state index contributed by atoms with van der Waals surface area (Å²) in [7, 11) is 0. The lowest BCUT2D eigenvalue weighted by Crippen LogP contribution is -2.44. The van der Waals surface area contributed by atoms with Crippen LogP contribution in [0.1, 0.15) is 44.6 Å². The monoisotopic (exact) mass is 294 g/mol. The molecule has 0 spiro atoms. The molecule has 0 aromatic heterocycles. The average Bonchev–Trinajstić information content (AvgIpc) is 2.42. The molecule has 0 fully saturated rings. The molecule has 21 heavy (non-hydrogen) atoms. The minimum atomic E-state index is -0.650. The average molecular weight is 294 g/mol. The van der Waals surface area contributed by atoms with E-state index in [-0.39, 0.29) is 18.1 Å². The molecule has 3 N–H and O–H groups in total. The Morgan fingerprint density at radius 2 is 2.05 bits per heavy atom. The molecule has 0 bridgehead atoms. The van der Waals surface area contributed by atoms with Gasteiger partial charge in [0.2, 0.25) is 11.8 Å². The lowest BCUT2D eigenvalue weighted by atomic mass is 10.1.